The van der Waals surface area contributed by atoms with Crippen molar-refractivity contribution in [2.45, 2.75) is 64.4 Å². The Labute approximate surface area is 232 Å². The van der Waals surface area contributed by atoms with Gasteiger partial charge in [0.2, 0.25) is 11.8 Å². The quantitative estimate of drug-likeness (QED) is 0.391. The van der Waals surface area contributed by atoms with Gasteiger partial charge in [0.25, 0.3) is 10.0 Å². The molecule has 3 aromatic carbocycles. The molecule has 208 valence electrons. The average Bonchev–Trinajstić information content (AvgIpc) is 2.87. The van der Waals surface area contributed by atoms with E-state index in [1.165, 1.54) is 4.90 Å². The number of nitrogens with zero attached hydrogens (tertiary/aromatic N) is 2. The van der Waals surface area contributed by atoms with Crippen molar-refractivity contribution in [3.8, 4) is 0 Å². The van der Waals surface area contributed by atoms with Gasteiger partial charge in [-0.1, -0.05) is 60.2 Å². The van der Waals surface area contributed by atoms with Gasteiger partial charge in [-0.3, -0.25) is 13.9 Å². The Morgan fingerprint density at radius 2 is 1.51 bits per heavy atom. The zero-order chi connectivity index (χ0) is 28.8. The number of aryl methyl sites for hydroxylation is 2. The van der Waals surface area contributed by atoms with Gasteiger partial charge in [0.15, 0.2) is 0 Å². The predicted octanol–water partition coefficient (Wildman–Crippen LogP) is 4.87. The summed E-state index contributed by atoms with van der Waals surface area (Å²) in [5.74, 6) is -0.757. The molecular formula is C31H39N3O4S. The first-order chi connectivity index (χ1) is 18.3. The van der Waals surface area contributed by atoms with E-state index in [4.69, 9.17) is 0 Å². The summed E-state index contributed by atoms with van der Waals surface area (Å²) in [5, 5.41) is 2.94. The molecule has 0 heterocycles. The molecule has 3 rings (SSSR count). The van der Waals surface area contributed by atoms with Gasteiger partial charge in [-0.2, -0.15) is 0 Å². The number of anilines is 1. The van der Waals surface area contributed by atoms with E-state index in [-0.39, 0.29) is 17.3 Å². The third kappa shape index (κ3) is 8.17. The number of nitrogens with one attached hydrogen (secondary N) is 1. The highest BCUT2D eigenvalue weighted by atomic mass is 32.2. The molecule has 7 nitrogen and oxygen atoms in total. The van der Waals surface area contributed by atoms with Crippen LogP contribution in [0, 0.1) is 13.8 Å². The second-order valence-corrected chi connectivity index (χ2v) is 12.8. The second kappa shape index (κ2) is 12.5. The lowest BCUT2D eigenvalue weighted by Gasteiger charge is -2.33. The third-order valence-corrected chi connectivity index (χ3v) is 8.12. The highest BCUT2D eigenvalue weighted by Gasteiger charge is 2.33. The maximum Gasteiger partial charge on any atom is 0.264 e. The normalized spacial score (nSPS) is 12.5. The molecule has 1 atom stereocenters. The molecule has 0 aliphatic rings. The number of sulfonamides is 1. The molecule has 39 heavy (non-hydrogen) atoms. The summed E-state index contributed by atoms with van der Waals surface area (Å²) < 4.78 is 28.9. The van der Waals surface area contributed by atoms with Crippen molar-refractivity contribution in [3.05, 3.63) is 95.6 Å². The monoisotopic (exact) mass is 549 g/mol. The summed E-state index contributed by atoms with van der Waals surface area (Å²) in [5.41, 5.74) is 2.71. The summed E-state index contributed by atoms with van der Waals surface area (Å²) in [6.45, 7) is 10.9. The van der Waals surface area contributed by atoms with Crippen LogP contribution in [0.25, 0.3) is 0 Å². The highest BCUT2D eigenvalue weighted by Crippen LogP contribution is 2.25. The van der Waals surface area contributed by atoms with Crippen molar-refractivity contribution in [2.24, 2.45) is 0 Å². The smallest absolute Gasteiger partial charge is 0.264 e. The molecule has 8 heteroatoms. The maximum absolute atomic E-state index is 13.9. The maximum atomic E-state index is 13.9. The number of carbonyl (C=O) groups is 2. The molecule has 0 spiro atoms. The topological polar surface area (TPSA) is 86.8 Å². The third-order valence-electron chi connectivity index (χ3n) is 6.33. The molecule has 0 saturated carbocycles. The van der Waals surface area contributed by atoms with Gasteiger partial charge in [0.05, 0.1) is 10.6 Å². The number of hydrogen-bond donors (Lipinski definition) is 1. The minimum atomic E-state index is -4.07. The Morgan fingerprint density at radius 1 is 0.872 bits per heavy atom. The Kier molecular flexibility index (Phi) is 9.56. The van der Waals surface area contributed by atoms with Crippen molar-refractivity contribution >= 4 is 27.5 Å². The number of carbonyl (C=O) groups excluding carboxylic acids is 2. The molecule has 0 radical (unpaired) electrons. The van der Waals surface area contributed by atoms with Crippen molar-refractivity contribution in [3.63, 3.8) is 0 Å². The van der Waals surface area contributed by atoms with Crippen LogP contribution in [0.3, 0.4) is 0 Å². The minimum absolute atomic E-state index is 0.0942. The van der Waals surface area contributed by atoms with Gasteiger partial charge in [0.1, 0.15) is 12.6 Å². The largest absolute Gasteiger partial charge is 0.350 e. The molecule has 0 aliphatic carbocycles. The van der Waals surface area contributed by atoms with Gasteiger partial charge in [0, 0.05) is 12.1 Å². The van der Waals surface area contributed by atoms with Gasteiger partial charge < -0.3 is 10.2 Å². The Hall–Kier alpha value is -3.65. The standard InChI is InChI=1S/C31H39N3O4S/c1-23-15-17-28(18-16-23)39(37,38)34(27-14-10-11-24(2)21-27)22-29(35)33(20-19-26-12-8-7-9-13-26)25(3)30(36)32-31(4,5)6/h7-18,21,25H,19-20,22H2,1-6H3,(H,32,36)/t25-/m0/s1. The first-order valence-corrected chi connectivity index (χ1v) is 14.5. The van der Waals surface area contributed by atoms with E-state index < -0.39 is 34.1 Å². The molecular weight excluding hydrogens is 510 g/mol. The van der Waals surface area contributed by atoms with E-state index in [1.54, 1.807) is 49.4 Å². The van der Waals surface area contributed by atoms with Crippen molar-refractivity contribution in [2.75, 3.05) is 17.4 Å². The first kappa shape index (κ1) is 29.9. The van der Waals surface area contributed by atoms with Crippen LogP contribution in [0.5, 0.6) is 0 Å². The zero-order valence-corrected chi connectivity index (χ0v) is 24.5. The number of hydrogen-bond acceptors (Lipinski definition) is 4. The number of benzene rings is 3. The molecule has 1 N–H and O–H groups in total. The zero-order valence-electron chi connectivity index (χ0n) is 23.6. The van der Waals surface area contributed by atoms with Crippen LogP contribution in [-0.2, 0) is 26.0 Å². The van der Waals surface area contributed by atoms with Crippen LogP contribution < -0.4 is 9.62 Å². The minimum Gasteiger partial charge on any atom is -0.350 e. The van der Waals surface area contributed by atoms with Gasteiger partial charge in [-0.15, -0.1) is 0 Å². The van der Waals surface area contributed by atoms with Crippen LogP contribution in [0.1, 0.15) is 44.4 Å². The first-order valence-electron chi connectivity index (χ1n) is 13.1. The lowest BCUT2D eigenvalue weighted by Crippen LogP contribution is -2.55. The fourth-order valence-electron chi connectivity index (χ4n) is 4.19. The fraction of sp³-hybridized carbons (Fsp3) is 0.355. The molecule has 0 fully saturated rings. The van der Waals surface area contributed by atoms with Crippen molar-refractivity contribution < 1.29 is 18.0 Å². The van der Waals surface area contributed by atoms with E-state index in [9.17, 15) is 18.0 Å². The van der Waals surface area contributed by atoms with E-state index >= 15 is 0 Å². The van der Waals surface area contributed by atoms with Crippen LogP contribution in [0.4, 0.5) is 5.69 Å². The van der Waals surface area contributed by atoms with Crippen LogP contribution >= 0.6 is 0 Å². The van der Waals surface area contributed by atoms with Gasteiger partial charge >= 0.3 is 0 Å². The predicted molar refractivity (Wildman–Crippen MR) is 156 cm³/mol. The van der Waals surface area contributed by atoms with Crippen LogP contribution in [-0.4, -0.2) is 49.8 Å². The van der Waals surface area contributed by atoms with Gasteiger partial charge in [-0.25, -0.2) is 8.42 Å². The molecule has 0 aliphatic heterocycles. The van der Waals surface area contributed by atoms with Crippen LogP contribution in [0.2, 0.25) is 0 Å². The van der Waals surface area contributed by atoms with E-state index in [0.717, 1.165) is 21.0 Å². The lowest BCUT2D eigenvalue weighted by atomic mass is 10.1. The molecule has 2 amide bonds. The van der Waals surface area contributed by atoms with E-state index in [2.05, 4.69) is 5.32 Å². The van der Waals surface area contributed by atoms with Gasteiger partial charge in [-0.05, 0) is 83.4 Å². The molecule has 0 bridgehead atoms. The highest BCUT2D eigenvalue weighted by molar-refractivity contribution is 7.92. The fourth-order valence-corrected chi connectivity index (χ4v) is 5.60. The Bertz CT molecular complexity index is 1380. The average molecular weight is 550 g/mol. The number of amides is 2. The van der Waals surface area contributed by atoms with Crippen molar-refractivity contribution in [1.29, 1.82) is 0 Å². The molecule has 0 unspecified atom stereocenters. The van der Waals surface area contributed by atoms with E-state index in [0.29, 0.717) is 12.1 Å². The van der Waals surface area contributed by atoms with Crippen molar-refractivity contribution in [1.82, 2.24) is 10.2 Å². The molecule has 0 aromatic heterocycles. The Morgan fingerprint density at radius 3 is 2.10 bits per heavy atom. The second-order valence-electron chi connectivity index (χ2n) is 10.9. The van der Waals surface area contributed by atoms with E-state index in [1.807, 2.05) is 71.0 Å². The Balaban J connectivity index is 1.99. The summed E-state index contributed by atoms with van der Waals surface area (Å²) in [6, 6.07) is 22.5. The lowest BCUT2D eigenvalue weighted by molar-refractivity contribution is -0.139. The molecule has 3 aromatic rings. The molecule has 0 saturated heterocycles. The summed E-state index contributed by atoms with van der Waals surface area (Å²) in [7, 11) is -4.07. The summed E-state index contributed by atoms with van der Waals surface area (Å²) >= 11 is 0. The number of rotatable bonds is 10. The van der Waals surface area contributed by atoms with Crippen LogP contribution in [0.15, 0.2) is 83.8 Å². The SMILES string of the molecule is Cc1ccc(S(=O)(=O)N(CC(=O)N(CCc2ccccc2)[C@@H](C)C(=O)NC(C)(C)C)c2cccc(C)c2)cc1. The summed E-state index contributed by atoms with van der Waals surface area (Å²) in [6.07, 6.45) is 0.523. The summed E-state index contributed by atoms with van der Waals surface area (Å²) in [4.78, 5) is 28.6.